The Kier molecular flexibility index (Phi) is 17.0. The standard InChI is InChI=1S/C19H40N/c1-3-5-7-9-11-13-15-17-19(20)18-16-14-12-10-8-6-4-2/h19-20H,3-18H2,1-2H3. The van der Waals surface area contributed by atoms with Crippen molar-refractivity contribution in [3.63, 3.8) is 0 Å². The van der Waals surface area contributed by atoms with Gasteiger partial charge in [-0.15, -0.1) is 0 Å². The molecule has 0 amide bonds. The molecule has 0 fully saturated rings. The molecule has 0 aliphatic heterocycles. The van der Waals surface area contributed by atoms with Crippen LogP contribution in [0.1, 0.15) is 117 Å². The van der Waals surface area contributed by atoms with Crippen LogP contribution in [-0.4, -0.2) is 6.04 Å². The highest BCUT2D eigenvalue weighted by atomic mass is 14.6. The van der Waals surface area contributed by atoms with Gasteiger partial charge in [0.25, 0.3) is 0 Å². The number of nitrogens with one attached hydrogen (secondary N) is 1. The highest BCUT2D eigenvalue weighted by Gasteiger charge is 2.03. The molecule has 1 heteroatoms. The quantitative estimate of drug-likeness (QED) is 0.274. The maximum absolute atomic E-state index is 8.06. The van der Waals surface area contributed by atoms with Crippen LogP contribution >= 0.6 is 0 Å². The highest BCUT2D eigenvalue weighted by molar-refractivity contribution is 4.61. The van der Waals surface area contributed by atoms with E-state index in [2.05, 4.69) is 13.8 Å². The lowest BCUT2D eigenvalue weighted by Crippen LogP contribution is -2.08. The Bertz CT molecular complexity index is 149. The maximum Gasteiger partial charge on any atom is 0.0213 e. The molecule has 0 aromatic carbocycles. The molecule has 20 heavy (non-hydrogen) atoms. The Morgan fingerprint density at radius 2 is 0.800 bits per heavy atom. The predicted octanol–water partition coefficient (Wildman–Crippen LogP) is 6.92. The first-order chi connectivity index (χ1) is 9.81. The van der Waals surface area contributed by atoms with Crippen LogP contribution in [0.4, 0.5) is 0 Å². The summed E-state index contributed by atoms with van der Waals surface area (Å²) in [5.74, 6) is 0. The molecule has 0 rings (SSSR count). The lowest BCUT2D eigenvalue weighted by atomic mass is 10.0. The Morgan fingerprint density at radius 1 is 0.500 bits per heavy atom. The largest absolute Gasteiger partial charge is 0.255 e. The van der Waals surface area contributed by atoms with Crippen molar-refractivity contribution in [2.24, 2.45) is 0 Å². The van der Waals surface area contributed by atoms with Crippen molar-refractivity contribution in [2.75, 3.05) is 0 Å². The first-order valence-electron chi connectivity index (χ1n) is 9.52. The summed E-state index contributed by atoms with van der Waals surface area (Å²) in [5, 5.41) is 0. The molecular weight excluding hydrogens is 242 g/mol. The summed E-state index contributed by atoms with van der Waals surface area (Å²) < 4.78 is 0. The van der Waals surface area contributed by atoms with Crippen molar-refractivity contribution in [1.82, 2.24) is 5.73 Å². The fourth-order valence-corrected chi connectivity index (χ4v) is 2.84. The second-order valence-corrected chi connectivity index (χ2v) is 6.52. The summed E-state index contributed by atoms with van der Waals surface area (Å²) in [4.78, 5) is 0. The topological polar surface area (TPSA) is 23.8 Å². The van der Waals surface area contributed by atoms with Crippen molar-refractivity contribution in [1.29, 1.82) is 0 Å². The van der Waals surface area contributed by atoms with E-state index >= 15 is 0 Å². The second kappa shape index (κ2) is 17.0. The van der Waals surface area contributed by atoms with Gasteiger partial charge in [0.2, 0.25) is 0 Å². The zero-order valence-electron chi connectivity index (χ0n) is 14.4. The molecule has 0 unspecified atom stereocenters. The van der Waals surface area contributed by atoms with Gasteiger partial charge in [-0.3, -0.25) is 5.73 Å². The summed E-state index contributed by atoms with van der Waals surface area (Å²) in [6.45, 7) is 4.54. The lowest BCUT2D eigenvalue weighted by molar-refractivity contribution is 0.473. The smallest absolute Gasteiger partial charge is 0.0213 e. The average molecular weight is 283 g/mol. The molecule has 0 saturated heterocycles. The van der Waals surface area contributed by atoms with Crippen LogP contribution in [0.15, 0.2) is 0 Å². The van der Waals surface area contributed by atoms with Crippen LogP contribution in [0.25, 0.3) is 0 Å². The van der Waals surface area contributed by atoms with Crippen molar-refractivity contribution < 1.29 is 0 Å². The Morgan fingerprint density at radius 3 is 1.15 bits per heavy atom. The molecule has 0 aliphatic carbocycles. The molecule has 0 heterocycles. The van der Waals surface area contributed by atoms with Gasteiger partial charge in [-0.1, -0.05) is 104 Å². The van der Waals surface area contributed by atoms with Crippen molar-refractivity contribution in [3.05, 3.63) is 0 Å². The van der Waals surface area contributed by atoms with Gasteiger partial charge in [0.05, 0.1) is 0 Å². The predicted molar refractivity (Wildman–Crippen MR) is 92.1 cm³/mol. The Balaban J connectivity index is 3.11. The van der Waals surface area contributed by atoms with Crippen LogP contribution in [0.2, 0.25) is 0 Å². The molecule has 121 valence electrons. The van der Waals surface area contributed by atoms with E-state index in [1.54, 1.807) is 0 Å². The number of rotatable bonds is 16. The molecule has 0 atom stereocenters. The van der Waals surface area contributed by atoms with Crippen LogP contribution in [-0.2, 0) is 0 Å². The molecule has 1 nitrogen and oxygen atoms in total. The fourth-order valence-electron chi connectivity index (χ4n) is 2.84. The molecule has 1 N–H and O–H groups in total. The monoisotopic (exact) mass is 282 g/mol. The van der Waals surface area contributed by atoms with Crippen molar-refractivity contribution in [3.8, 4) is 0 Å². The molecule has 0 spiro atoms. The zero-order valence-corrected chi connectivity index (χ0v) is 14.4. The van der Waals surface area contributed by atoms with Gasteiger partial charge in [0.1, 0.15) is 0 Å². The number of hydrogen-bond acceptors (Lipinski definition) is 0. The van der Waals surface area contributed by atoms with E-state index in [4.69, 9.17) is 5.73 Å². The number of hydrogen-bond donors (Lipinski definition) is 0. The number of unbranched alkanes of at least 4 members (excludes halogenated alkanes) is 12. The molecule has 0 aromatic heterocycles. The minimum Gasteiger partial charge on any atom is -0.255 e. The van der Waals surface area contributed by atoms with Crippen molar-refractivity contribution >= 4 is 0 Å². The molecule has 0 saturated carbocycles. The van der Waals surface area contributed by atoms with Gasteiger partial charge in [-0.25, -0.2) is 0 Å². The van der Waals surface area contributed by atoms with Crippen LogP contribution in [0.3, 0.4) is 0 Å². The van der Waals surface area contributed by atoms with Gasteiger partial charge in [-0.05, 0) is 12.8 Å². The van der Waals surface area contributed by atoms with Gasteiger partial charge in [0.15, 0.2) is 0 Å². The minimum absolute atomic E-state index is 0.223. The molecular formula is C19H40N. The minimum atomic E-state index is 0.223. The summed E-state index contributed by atoms with van der Waals surface area (Å²) in [5.41, 5.74) is 8.06. The van der Waals surface area contributed by atoms with Crippen LogP contribution < -0.4 is 5.73 Å². The third kappa shape index (κ3) is 16.0. The third-order valence-electron chi connectivity index (χ3n) is 4.31. The summed E-state index contributed by atoms with van der Waals surface area (Å²) in [7, 11) is 0. The van der Waals surface area contributed by atoms with E-state index in [0.29, 0.717) is 0 Å². The average Bonchev–Trinajstić information content (AvgIpc) is 2.45. The van der Waals surface area contributed by atoms with E-state index in [0.717, 1.165) is 12.8 Å². The van der Waals surface area contributed by atoms with Gasteiger partial charge >= 0.3 is 0 Å². The van der Waals surface area contributed by atoms with Crippen LogP contribution in [0.5, 0.6) is 0 Å². The molecule has 0 aliphatic rings. The lowest BCUT2D eigenvalue weighted by Gasteiger charge is -2.10. The van der Waals surface area contributed by atoms with Crippen molar-refractivity contribution in [2.45, 2.75) is 123 Å². The van der Waals surface area contributed by atoms with E-state index in [9.17, 15) is 0 Å². The fraction of sp³-hybridized carbons (Fsp3) is 1.00. The van der Waals surface area contributed by atoms with E-state index < -0.39 is 0 Å². The Labute approximate surface area is 129 Å². The second-order valence-electron chi connectivity index (χ2n) is 6.52. The van der Waals surface area contributed by atoms with Crippen LogP contribution in [0, 0.1) is 0 Å². The summed E-state index contributed by atoms with van der Waals surface area (Å²) in [6, 6.07) is 0.223. The van der Waals surface area contributed by atoms with E-state index in [1.807, 2.05) is 0 Å². The maximum atomic E-state index is 8.06. The third-order valence-corrected chi connectivity index (χ3v) is 4.31. The SMILES string of the molecule is CCCCCCCCCC([NH])CCCCCCCCC. The summed E-state index contributed by atoms with van der Waals surface area (Å²) in [6.07, 6.45) is 21.5. The molecule has 1 radical (unpaired) electrons. The Hall–Kier alpha value is -0.0400. The van der Waals surface area contributed by atoms with E-state index in [1.165, 1.54) is 89.9 Å². The normalized spacial score (nSPS) is 11.4. The zero-order chi connectivity index (χ0) is 14.9. The highest BCUT2D eigenvalue weighted by Crippen LogP contribution is 2.14. The summed E-state index contributed by atoms with van der Waals surface area (Å²) >= 11 is 0. The van der Waals surface area contributed by atoms with Gasteiger partial charge in [0, 0.05) is 6.04 Å². The van der Waals surface area contributed by atoms with E-state index in [-0.39, 0.29) is 6.04 Å². The molecule has 0 aromatic rings. The first-order valence-corrected chi connectivity index (χ1v) is 9.52. The van der Waals surface area contributed by atoms with Gasteiger partial charge < -0.3 is 0 Å². The van der Waals surface area contributed by atoms with Gasteiger partial charge in [-0.2, -0.15) is 0 Å². The first kappa shape index (κ1) is 20.0. The molecule has 0 bridgehead atoms.